The van der Waals surface area contributed by atoms with Crippen molar-refractivity contribution >= 4 is 0 Å². The molecule has 39 heavy (non-hydrogen) atoms. The van der Waals surface area contributed by atoms with Crippen LogP contribution in [-0.2, 0) is 17.8 Å². The standard InChI is InChI=1S/C36H44N2O/c1-29-15-19-33(20-16-29)35(23-25-37(3)27-31-11-7-5-8-12-31)39-36(34-21-17-30(2)18-22-34)24-26-38(4)28-32-13-9-6-10-14-32/h5-22,35-36H,23-28H2,1-4H3. The first kappa shape index (κ1) is 28.8. The fourth-order valence-electron chi connectivity index (χ4n) is 5.01. The van der Waals surface area contributed by atoms with Crippen molar-refractivity contribution in [1.82, 2.24) is 9.80 Å². The fraction of sp³-hybridized carbons (Fsp3) is 0.333. The molecule has 0 aliphatic rings. The number of hydrogen-bond acceptors (Lipinski definition) is 3. The van der Waals surface area contributed by atoms with Crippen LogP contribution in [0.2, 0.25) is 0 Å². The average Bonchev–Trinajstić information content (AvgIpc) is 2.95. The molecule has 0 saturated heterocycles. The molecule has 0 bridgehead atoms. The molecule has 3 nitrogen and oxygen atoms in total. The number of aryl methyl sites for hydroxylation is 2. The molecular formula is C36H44N2O. The van der Waals surface area contributed by atoms with Gasteiger partial charge in [-0.25, -0.2) is 0 Å². The summed E-state index contributed by atoms with van der Waals surface area (Å²) >= 11 is 0. The first-order valence-electron chi connectivity index (χ1n) is 14.2. The molecule has 0 aromatic heterocycles. The summed E-state index contributed by atoms with van der Waals surface area (Å²) < 4.78 is 7.05. The van der Waals surface area contributed by atoms with Gasteiger partial charge in [-0.15, -0.1) is 0 Å². The van der Waals surface area contributed by atoms with Crippen LogP contribution >= 0.6 is 0 Å². The van der Waals surface area contributed by atoms with Gasteiger partial charge in [0.1, 0.15) is 0 Å². The third-order valence-corrected chi connectivity index (χ3v) is 7.36. The predicted molar refractivity (Wildman–Crippen MR) is 164 cm³/mol. The highest BCUT2D eigenvalue weighted by atomic mass is 16.5. The van der Waals surface area contributed by atoms with E-state index >= 15 is 0 Å². The van der Waals surface area contributed by atoms with Crippen molar-refractivity contribution in [2.75, 3.05) is 27.2 Å². The normalized spacial score (nSPS) is 13.1. The zero-order valence-electron chi connectivity index (χ0n) is 24.1. The molecular weight excluding hydrogens is 476 g/mol. The monoisotopic (exact) mass is 520 g/mol. The van der Waals surface area contributed by atoms with Crippen LogP contribution in [0.4, 0.5) is 0 Å². The zero-order valence-corrected chi connectivity index (χ0v) is 24.1. The van der Waals surface area contributed by atoms with Gasteiger partial charge in [-0.3, -0.25) is 0 Å². The van der Waals surface area contributed by atoms with Gasteiger partial charge < -0.3 is 14.5 Å². The van der Waals surface area contributed by atoms with Crippen molar-refractivity contribution in [3.8, 4) is 0 Å². The lowest BCUT2D eigenvalue weighted by Gasteiger charge is -2.29. The van der Waals surface area contributed by atoms with Gasteiger partial charge in [-0.1, -0.05) is 120 Å². The maximum atomic E-state index is 7.05. The summed E-state index contributed by atoms with van der Waals surface area (Å²) in [4.78, 5) is 4.79. The van der Waals surface area contributed by atoms with E-state index in [1.807, 2.05) is 0 Å². The number of nitrogens with zero attached hydrogens (tertiary/aromatic N) is 2. The van der Waals surface area contributed by atoms with Gasteiger partial charge in [-0.05, 0) is 63.0 Å². The number of hydrogen-bond donors (Lipinski definition) is 0. The average molecular weight is 521 g/mol. The fourth-order valence-corrected chi connectivity index (χ4v) is 5.01. The first-order chi connectivity index (χ1) is 19.0. The summed E-state index contributed by atoms with van der Waals surface area (Å²) in [6.45, 7) is 8.08. The van der Waals surface area contributed by atoms with Gasteiger partial charge in [0.2, 0.25) is 0 Å². The molecule has 0 fully saturated rings. The Morgan fingerprint density at radius 3 is 1.23 bits per heavy atom. The zero-order chi connectivity index (χ0) is 27.5. The molecule has 2 atom stereocenters. The Kier molecular flexibility index (Phi) is 10.9. The minimum atomic E-state index is 0.0227. The van der Waals surface area contributed by atoms with E-state index in [1.165, 1.54) is 33.4 Å². The first-order valence-corrected chi connectivity index (χ1v) is 14.2. The molecule has 4 aromatic rings. The second-order valence-electron chi connectivity index (χ2n) is 11.0. The largest absolute Gasteiger partial charge is 0.366 e. The molecule has 2 unspecified atom stereocenters. The van der Waals surface area contributed by atoms with Crippen LogP contribution in [0.1, 0.15) is 58.4 Å². The van der Waals surface area contributed by atoms with E-state index in [4.69, 9.17) is 4.74 Å². The summed E-state index contributed by atoms with van der Waals surface area (Å²) in [6.07, 6.45) is 1.92. The minimum Gasteiger partial charge on any atom is -0.366 e. The summed E-state index contributed by atoms with van der Waals surface area (Å²) in [5, 5.41) is 0. The van der Waals surface area contributed by atoms with E-state index in [0.29, 0.717) is 0 Å². The SMILES string of the molecule is Cc1ccc(C(CCN(C)Cc2ccccc2)OC(CCN(C)Cc2ccccc2)c2ccc(C)cc2)cc1. The molecule has 0 saturated carbocycles. The van der Waals surface area contributed by atoms with E-state index in [1.54, 1.807) is 0 Å². The third kappa shape index (κ3) is 9.47. The maximum Gasteiger partial charge on any atom is 0.0845 e. The van der Waals surface area contributed by atoms with Gasteiger partial charge in [-0.2, -0.15) is 0 Å². The molecule has 0 heterocycles. The highest BCUT2D eigenvalue weighted by molar-refractivity contribution is 5.26. The second-order valence-corrected chi connectivity index (χ2v) is 11.0. The molecule has 0 aliphatic heterocycles. The second kappa shape index (κ2) is 14.8. The van der Waals surface area contributed by atoms with Crippen LogP contribution in [-0.4, -0.2) is 37.0 Å². The molecule has 4 rings (SSSR count). The molecule has 0 spiro atoms. The van der Waals surface area contributed by atoms with E-state index in [9.17, 15) is 0 Å². The summed E-state index contributed by atoms with van der Waals surface area (Å²) in [7, 11) is 4.41. The molecule has 204 valence electrons. The lowest BCUT2D eigenvalue weighted by Crippen LogP contribution is -2.24. The van der Waals surface area contributed by atoms with E-state index < -0.39 is 0 Å². The Bertz CT molecular complexity index is 1120. The molecule has 0 N–H and O–H groups in total. The highest BCUT2D eigenvalue weighted by Crippen LogP contribution is 2.32. The van der Waals surface area contributed by atoms with Crippen LogP contribution in [0, 0.1) is 13.8 Å². The van der Waals surface area contributed by atoms with Crippen molar-refractivity contribution in [2.45, 2.75) is 52.0 Å². The lowest BCUT2D eigenvalue weighted by atomic mass is 10.0. The van der Waals surface area contributed by atoms with Crippen molar-refractivity contribution in [2.24, 2.45) is 0 Å². The van der Waals surface area contributed by atoms with Gasteiger partial charge in [0, 0.05) is 26.2 Å². The third-order valence-electron chi connectivity index (χ3n) is 7.36. The Morgan fingerprint density at radius 1 is 0.513 bits per heavy atom. The van der Waals surface area contributed by atoms with E-state index in [0.717, 1.165) is 39.0 Å². The lowest BCUT2D eigenvalue weighted by molar-refractivity contribution is -0.0308. The maximum absolute atomic E-state index is 7.05. The van der Waals surface area contributed by atoms with Gasteiger partial charge >= 0.3 is 0 Å². The summed E-state index contributed by atoms with van der Waals surface area (Å²) in [5.74, 6) is 0. The smallest absolute Gasteiger partial charge is 0.0845 e. The molecule has 4 aromatic carbocycles. The number of rotatable bonds is 14. The highest BCUT2D eigenvalue weighted by Gasteiger charge is 2.21. The van der Waals surface area contributed by atoms with Crippen LogP contribution in [0.15, 0.2) is 109 Å². The molecule has 0 aliphatic carbocycles. The van der Waals surface area contributed by atoms with Gasteiger partial charge in [0.25, 0.3) is 0 Å². The van der Waals surface area contributed by atoms with Crippen molar-refractivity contribution < 1.29 is 4.74 Å². The van der Waals surface area contributed by atoms with Crippen LogP contribution in [0.5, 0.6) is 0 Å². The predicted octanol–water partition coefficient (Wildman–Crippen LogP) is 8.15. The summed E-state index contributed by atoms with van der Waals surface area (Å²) in [6, 6.07) is 39.2. The number of ether oxygens (including phenoxy) is 1. The Balaban J connectivity index is 1.48. The quantitative estimate of drug-likeness (QED) is 0.167. The van der Waals surface area contributed by atoms with E-state index in [2.05, 4.69) is 147 Å². The van der Waals surface area contributed by atoms with Crippen LogP contribution < -0.4 is 0 Å². The summed E-state index contributed by atoms with van der Waals surface area (Å²) in [5.41, 5.74) is 7.73. The van der Waals surface area contributed by atoms with Crippen molar-refractivity contribution in [3.05, 3.63) is 143 Å². The molecule has 0 radical (unpaired) electrons. The van der Waals surface area contributed by atoms with Crippen LogP contribution in [0.25, 0.3) is 0 Å². The molecule has 0 amide bonds. The van der Waals surface area contributed by atoms with Gasteiger partial charge in [0.05, 0.1) is 12.2 Å². The van der Waals surface area contributed by atoms with Gasteiger partial charge in [0.15, 0.2) is 0 Å². The Hall–Kier alpha value is -3.24. The topological polar surface area (TPSA) is 15.7 Å². The van der Waals surface area contributed by atoms with Crippen molar-refractivity contribution in [1.29, 1.82) is 0 Å². The van der Waals surface area contributed by atoms with Crippen LogP contribution in [0.3, 0.4) is 0 Å². The number of benzene rings is 4. The Morgan fingerprint density at radius 2 is 0.872 bits per heavy atom. The van der Waals surface area contributed by atoms with E-state index in [-0.39, 0.29) is 12.2 Å². The minimum absolute atomic E-state index is 0.0227. The Labute approximate surface area is 236 Å². The van der Waals surface area contributed by atoms with Crippen molar-refractivity contribution in [3.63, 3.8) is 0 Å². The molecule has 3 heteroatoms.